The van der Waals surface area contributed by atoms with Crippen molar-refractivity contribution in [3.8, 4) is 11.8 Å². The summed E-state index contributed by atoms with van der Waals surface area (Å²) in [6.45, 7) is 5.28. The van der Waals surface area contributed by atoms with E-state index in [1.165, 1.54) is 0 Å². The second-order valence-electron chi connectivity index (χ2n) is 2.87. The number of rotatable bonds is 7. The Balaban J connectivity index is 3.37. The van der Waals surface area contributed by atoms with Gasteiger partial charge in [-0.2, -0.15) is 0 Å². The van der Waals surface area contributed by atoms with Crippen LogP contribution in [0.4, 0.5) is 0 Å². The van der Waals surface area contributed by atoms with Gasteiger partial charge in [0.2, 0.25) is 0 Å². The third-order valence-electron chi connectivity index (χ3n) is 1.45. The maximum Gasteiger partial charge on any atom is 0.137 e. The van der Waals surface area contributed by atoms with E-state index in [9.17, 15) is 0 Å². The maximum atomic E-state index is 9.17. The smallest absolute Gasteiger partial charge is 0.137 e. The van der Waals surface area contributed by atoms with Crippen LogP contribution in [0.1, 0.15) is 13.8 Å². The Bertz CT molecular complexity index is 186. The van der Waals surface area contributed by atoms with Crippen molar-refractivity contribution < 1.29 is 14.6 Å². The van der Waals surface area contributed by atoms with Gasteiger partial charge in [-0.25, -0.2) is 0 Å². The first kappa shape index (κ1) is 13.4. The first-order valence-corrected chi connectivity index (χ1v) is 4.72. The van der Waals surface area contributed by atoms with Crippen LogP contribution in [-0.2, 0) is 9.47 Å². The van der Waals surface area contributed by atoms with E-state index in [-0.39, 0.29) is 12.6 Å². The van der Waals surface area contributed by atoms with Crippen LogP contribution in [0, 0.1) is 11.8 Å². The molecule has 82 valence electrons. The molecule has 2 unspecified atom stereocenters. The fourth-order valence-electron chi connectivity index (χ4n) is 0.857. The third-order valence-corrected chi connectivity index (χ3v) is 1.45. The normalized spacial score (nSPS) is 14.3. The van der Waals surface area contributed by atoms with E-state index in [1.807, 2.05) is 6.92 Å². The fourth-order valence-corrected chi connectivity index (χ4v) is 0.857. The first-order valence-electron chi connectivity index (χ1n) is 4.72. The lowest BCUT2D eigenvalue weighted by molar-refractivity contribution is 0.0371. The van der Waals surface area contributed by atoms with E-state index < -0.39 is 6.10 Å². The second-order valence-corrected chi connectivity index (χ2v) is 2.87. The predicted molar refractivity (Wildman–Crippen MR) is 54.7 cm³/mol. The summed E-state index contributed by atoms with van der Waals surface area (Å²) in [6.07, 6.45) is -0.723. The molecule has 0 aromatic rings. The van der Waals surface area contributed by atoms with Gasteiger partial charge in [-0.15, -0.1) is 5.92 Å². The largest absolute Gasteiger partial charge is 0.380 e. The summed E-state index contributed by atoms with van der Waals surface area (Å²) in [7, 11) is 0. The molecule has 0 bridgehead atoms. The molecule has 0 aromatic carbocycles. The highest BCUT2D eigenvalue weighted by molar-refractivity contribution is 5.01. The van der Waals surface area contributed by atoms with Gasteiger partial charge >= 0.3 is 0 Å². The van der Waals surface area contributed by atoms with E-state index in [0.717, 1.165) is 0 Å². The van der Waals surface area contributed by atoms with Crippen molar-refractivity contribution in [3.05, 3.63) is 0 Å². The van der Waals surface area contributed by atoms with Gasteiger partial charge in [0.15, 0.2) is 0 Å². The van der Waals surface area contributed by atoms with Crippen molar-refractivity contribution in [1.82, 2.24) is 0 Å². The average Bonchev–Trinajstić information content (AvgIpc) is 2.15. The van der Waals surface area contributed by atoms with E-state index in [0.29, 0.717) is 19.8 Å². The van der Waals surface area contributed by atoms with Crippen molar-refractivity contribution in [2.24, 2.45) is 5.73 Å². The Kier molecular flexibility index (Phi) is 8.59. The lowest BCUT2D eigenvalue weighted by Gasteiger charge is -2.12. The van der Waals surface area contributed by atoms with Crippen LogP contribution in [0.25, 0.3) is 0 Å². The Morgan fingerprint density at radius 2 is 1.93 bits per heavy atom. The molecule has 0 aliphatic heterocycles. The molecular formula is C10H19NO3. The molecule has 0 saturated carbocycles. The van der Waals surface area contributed by atoms with Crippen LogP contribution in [0.3, 0.4) is 0 Å². The number of ether oxygens (including phenoxy) is 2. The van der Waals surface area contributed by atoms with Gasteiger partial charge in [0.1, 0.15) is 6.10 Å². The van der Waals surface area contributed by atoms with Gasteiger partial charge in [-0.1, -0.05) is 5.92 Å². The lowest BCUT2D eigenvalue weighted by Crippen LogP contribution is -2.32. The molecule has 4 heteroatoms. The summed E-state index contributed by atoms with van der Waals surface area (Å²) >= 11 is 0. The first-order chi connectivity index (χ1) is 6.70. The number of hydrogen-bond acceptors (Lipinski definition) is 4. The summed E-state index contributed by atoms with van der Waals surface area (Å²) in [5.41, 5.74) is 5.65. The molecule has 0 aliphatic carbocycles. The van der Waals surface area contributed by atoms with E-state index >= 15 is 0 Å². The van der Waals surface area contributed by atoms with Crippen molar-refractivity contribution in [2.45, 2.75) is 26.0 Å². The summed E-state index contributed by atoms with van der Waals surface area (Å²) < 4.78 is 10.3. The highest BCUT2D eigenvalue weighted by Gasteiger charge is 2.04. The number of aliphatic hydroxyl groups is 1. The van der Waals surface area contributed by atoms with Gasteiger partial charge in [0.25, 0.3) is 0 Å². The summed E-state index contributed by atoms with van der Waals surface area (Å²) in [5.74, 6) is 5.17. The molecule has 0 radical (unpaired) electrons. The molecular weight excluding hydrogens is 182 g/mol. The molecule has 3 N–H and O–H groups in total. The zero-order valence-corrected chi connectivity index (χ0v) is 8.82. The Morgan fingerprint density at radius 3 is 2.50 bits per heavy atom. The monoisotopic (exact) mass is 201 g/mol. The van der Waals surface area contributed by atoms with Gasteiger partial charge in [0.05, 0.1) is 25.9 Å². The topological polar surface area (TPSA) is 64.7 Å². The number of hydrogen-bond donors (Lipinski definition) is 2. The zero-order chi connectivity index (χ0) is 10.8. The highest BCUT2D eigenvalue weighted by atomic mass is 16.5. The molecule has 14 heavy (non-hydrogen) atoms. The molecule has 0 aliphatic rings. The maximum absolute atomic E-state index is 9.17. The third kappa shape index (κ3) is 8.02. The highest BCUT2D eigenvalue weighted by Crippen LogP contribution is 1.88. The van der Waals surface area contributed by atoms with E-state index in [1.54, 1.807) is 6.92 Å². The Labute approximate surface area is 85.4 Å². The van der Waals surface area contributed by atoms with Crippen molar-refractivity contribution >= 4 is 0 Å². The summed E-state index contributed by atoms with van der Waals surface area (Å²) in [5, 5.41) is 9.17. The van der Waals surface area contributed by atoms with Crippen LogP contribution in [0.15, 0.2) is 0 Å². The van der Waals surface area contributed by atoms with Crippen molar-refractivity contribution in [1.29, 1.82) is 0 Å². The minimum atomic E-state index is -0.723. The quantitative estimate of drug-likeness (QED) is 0.558. The second kappa shape index (κ2) is 8.97. The zero-order valence-electron chi connectivity index (χ0n) is 8.82. The van der Waals surface area contributed by atoms with Crippen LogP contribution in [0.2, 0.25) is 0 Å². The molecule has 0 aromatic heterocycles. The summed E-state index contributed by atoms with van der Waals surface area (Å²) in [4.78, 5) is 0. The Morgan fingerprint density at radius 1 is 1.29 bits per heavy atom. The van der Waals surface area contributed by atoms with E-state index in [4.69, 9.17) is 20.3 Å². The molecule has 0 spiro atoms. The minimum absolute atomic E-state index is 0.142. The molecule has 4 nitrogen and oxygen atoms in total. The van der Waals surface area contributed by atoms with Gasteiger partial charge in [-0.05, 0) is 13.8 Å². The Hall–Kier alpha value is -0.600. The molecule has 0 amide bonds. The van der Waals surface area contributed by atoms with Crippen LogP contribution >= 0.6 is 0 Å². The molecule has 0 heterocycles. The predicted octanol–water partition coefficient (Wildman–Crippen LogP) is -0.249. The fraction of sp³-hybridized carbons (Fsp3) is 0.800. The number of aliphatic hydroxyl groups excluding tert-OH is 1. The molecule has 0 fully saturated rings. The number of nitrogens with two attached hydrogens (primary N) is 1. The van der Waals surface area contributed by atoms with Crippen molar-refractivity contribution in [3.63, 3.8) is 0 Å². The SMILES string of the molecule is CC#CC(O)COCC(N)COCC. The van der Waals surface area contributed by atoms with Gasteiger partial charge in [-0.3, -0.25) is 0 Å². The molecule has 2 atom stereocenters. The average molecular weight is 201 g/mol. The van der Waals surface area contributed by atoms with Crippen LogP contribution in [0.5, 0.6) is 0 Å². The van der Waals surface area contributed by atoms with Gasteiger partial charge in [0, 0.05) is 6.61 Å². The molecule has 0 saturated heterocycles. The van der Waals surface area contributed by atoms with Crippen LogP contribution < -0.4 is 5.73 Å². The molecule has 0 rings (SSSR count). The van der Waals surface area contributed by atoms with E-state index in [2.05, 4.69) is 11.8 Å². The van der Waals surface area contributed by atoms with Crippen LogP contribution in [-0.4, -0.2) is 43.7 Å². The summed E-state index contributed by atoms with van der Waals surface area (Å²) in [6, 6.07) is -0.142. The standard InChI is InChI=1S/C10H19NO3/c1-3-5-10(12)8-14-7-9(11)6-13-4-2/h9-10,12H,4,6-8,11H2,1-2H3. The lowest BCUT2D eigenvalue weighted by atomic mass is 10.3. The van der Waals surface area contributed by atoms with Gasteiger partial charge < -0.3 is 20.3 Å². The minimum Gasteiger partial charge on any atom is -0.380 e. The van der Waals surface area contributed by atoms with Crippen molar-refractivity contribution in [2.75, 3.05) is 26.4 Å².